The van der Waals surface area contributed by atoms with E-state index in [1.807, 2.05) is 0 Å². The summed E-state index contributed by atoms with van der Waals surface area (Å²) in [5.41, 5.74) is 10.9. The van der Waals surface area contributed by atoms with Crippen molar-refractivity contribution >= 4 is 5.96 Å². The van der Waals surface area contributed by atoms with E-state index in [2.05, 4.69) is 16.9 Å². The molecular formula is C8H18N4O. The zero-order valence-electron chi connectivity index (χ0n) is 7.95. The van der Waals surface area contributed by atoms with Crippen LogP contribution in [0, 0.1) is 0 Å². The van der Waals surface area contributed by atoms with Crippen LogP contribution in [0.2, 0.25) is 0 Å². The van der Waals surface area contributed by atoms with Crippen LogP contribution in [-0.4, -0.2) is 30.7 Å². The molecule has 0 saturated heterocycles. The van der Waals surface area contributed by atoms with Crippen LogP contribution in [-0.2, 0) is 0 Å². The summed E-state index contributed by atoms with van der Waals surface area (Å²) in [7, 11) is 1.61. The molecule has 1 atom stereocenters. The number of aliphatic hydroxyl groups is 1. The van der Waals surface area contributed by atoms with E-state index >= 15 is 0 Å². The molecule has 0 fully saturated rings. The minimum atomic E-state index is -0.346. The second kappa shape index (κ2) is 6.30. The van der Waals surface area contributed by atoms with Gasteiger partial charge in [0, 0.05) is 13.6 Å². The number of aliphatic hydroxyl groups excluding tert-OH is 1. The first-order valence-electron chi connectivity index (χ1n) is 4.17. The topological polar surface area (TPSA) is 96.7 Å². The van der Waals surface area contributed by atoms with E-state index in [1.165, 1.54) is 0 Å². The summed E-state index contributed by atoms with van der Waals surface area (Å²) >= 11 is 0. The van der Waals surface area contributed by atoms with E-state index in [-0.39, 0.29) is 11.8 Å². The largest absolute Gasteiger partial charge is 0.511 e. The Balaban J connectivity index is 3.41. The van der Waals surface area contributed by atoms with Crippen LogP contribution in [0.4, 0.5) is 0 Å². The lowest BCUT2D eigenvalue weighted by Gasteiger charge is -2.09. The van der Waals surface area contributed by atoms with Crippen molar-refractivity contribution in [3.63, 3.8) is 0 Å². The molecule has 0 saturated carbocycles. The molecule has 5 heteroatoms. The summed E-state index contributed by atoms with van der Waals surface area (Å²) in [6.45, 7) is 4.05. The second-order valence-corrected chi connectivity index (χ2v) is 2.78. The molecule has 6 N–H and O–H groups in total. The van der Waals surface area contributed by atoms with E-state index < -0.39 is 0 Å². The highest BCUT2D eigenvalue weighted by Crippen LogP contribution is 1.99. The zero-order chi connectivity index (χ0) is 10.3. The normalized spacial score (nSPS) is 13.8. The van der Waals surface area contributed by atoms with Crippen molar-refractivity contribution in [2.45, 2.75) is 18.9 Å². The quantitative estimate of drug-likeness (QED) is 0.205. The lowest BCUT2D eigenvalue weighted by molar-refractivity contribution is 0.359. The van der Waals surface area contributed by atoms with Gasteiger partial charge < -0.3 is 21.9 Å². The molecule has 0 heterocycles. The van der Waals surface area contributed by atoms with Crippen molar-refractivity contribution in [1.82, 2.24) is 5.32 Å². The Hall–Kier alpha value is -1.23. The van der Waals surface area contributed by atoms with Crippen LogP contribution in [0.15, 0.2) is 17.3 Å². The summed E-state index contributed by atoms with van der Waals surface area (Å²) in [6.07, 6.45) is 1.50. The van der Waals surface area contributed by atoms with Gasteiger partial charge in [-0.25, -0.2) is 0 Å². The summed E-state index contributed by atoms with van der Waals surface area (Å²) in [6, 6.07) is -0.346. The number of nitrogens with one attached hydrogen (secondary N) is 1. The molecule has 0 aromatic rings. The van der Waals surface area contributed by atoms with Crippen molar-refractivity contribution in [2.24, 2.45) is 16.5 Å². The van der Waals surface area contributed by atoms with E-state index in [0.29, 0.717) is 18.9 Å². The number of aliphatic imine (C=N–C) groups is 1. The fourth-order valence-corrected chi connectivity index (χ4v) is 0.784. The van der Waals surface area contributed by atoms with Crippen LogP contribution in [0.3, 0.4) is 0 Å². The monoisotopic (exact) mass is 186 g/mol. The van der Waals surface area contributed by atoms with Crippen molar-refractivity contribution in [2.75, 3.05) is 13.6 Å². The maximum atomic E-state index is 8.89. The lowest BCUT2D eigenvalue weighted by Crippen LogP contribution is -2.33. The molecule has 0 aromatic heterocycles. The number of hydrogen-bond donors (Lipinski definition) is 4. The highest BCUT2D eigenvalue weighted by atomic mass is 16.3. The molecule has 0 aliphatic heterocycles. The Morgan fingerprint density at radius 2 is 2.31 bits per heavy atom. The number of rotatable bonds is 5. The van der Waals surface area contributed by atoms with Crippen molar-refractivity contribution in [3.8, 4) is 0 Å². The lowest BCUT2D eigenvalue weighted by atomic mass is 10.1. The van der Waals surface area contributed by atoms with Gasteiger partial charge in [-0.2, -0.15) is 0 Å². The Morgan fingerprint density at radius 1 is 1.69 bits per heavy atom. The molecule has 0 aliphatic rings. The van der Waals surface area contributed by atoms with E-state index in [4.69, 9.17) is 16.6 Å². The average molecular weight is 186 g/mol. The van der Waals surface area contributed by atoms with Gasteiger partial charge in [-0.3, -0.25) is 4.99 Å². The van der Waals surface area contributed by atoms with Crippen molar-refractivity contribution in [1.29, 1.82) is 0 Å². The predicted molar refractivity (Wildman–Crippen MR) is 54.5 cm³/mol. The van der Waals surface area contributed by atoms with Gasteiger partial charge in [0.2, 0.25) is 0 Å². The number of hydrogen-bond acceptors (Lipinski definition) is 3. The maximum absolute atomic E-state index is 8.89. The summed E-state index contributed by atoms with van der Waals surface area (Å²) in [5, 5.41) is 11.8. The predicted octanol–water partition coefficient (Wildman–Crippen LogP) is -0.300. The smallest absolute Gasteiger partial charge is 0.188 e. The van der Waals surface area contributed by atoms with E-state index in [9.17, 15) is 0 Å². The van der Waals surface area contributed by atoms with Gasteiger partial charge in [-0.15, -0.1) is 0 Å². The molecule has 0 aromatic carbocycles. The highest BCUT2D eigenvalue weighted by molar-refractivity contribution is 5.77. The second-order valence-electron chi connectivity index (χ2n) is 2.78. The van der Waals surface area contributed by atoms with Gasteiger partial charge in [0.05, 0.1) is 6.04 Å². The molecule has 1 unspecified atom stereocenters. The minimum Gasteiger partial charge on any atom is -0.511 e. The molecule has 0 spiro atoms. The Kier molecular flexibility index (Phi) is 5.71. The standard InChI is InChI=1S/C8H18N4O/c1-6(13)7(9)4-3-5-12-8(10)11-2/h7,13H,1,3-5,9H2,2H3,(H3,10,11,12). The molecule has 0 rings (SSSR count). The van der Waals surface area contributed by atoms with Crippen LogP contribution in [0.25, 0.3) is 0 Å². The summed E-state index contributed by atoms with van der Waals surface area (Å²) in [5.74, 6) is 0.438. The molecule has 13 heavy (non-hydrogen) atoms. The molecule has 0 bridgehead atoms. The van der Waals surface area contributed by atoms with Gasteiger partial charge in [0.1, 0.15) is 5.76 Å². The molecule has 0 amide bonds. The Morgan fingerprint density at radius 3 is 2.77 bits per heavy atom. The third-order valence-corrected chi connectivity index (χ3v) is 1.67. The van der Waals surface area contributed by atoms with Gasteiger partial charge in [0.15, 0.2) is 5.96 Å². The average Bonchev–Trinajstić information content (AvgIpc) is 2.11. The van der Waals surface area contributed by atoms with Crippen LogP contribution >= 0.6 is 0 Å². The van der Waals surface area contributed by atoms with Gasteiger partial charge in [-0.1, -0.05) is 6.58 Å². The van der Waals surface area contributed by atoms with Gasteiger partial charge in [-0.05, 0) is 12.8 Å². The molecule has 5 nitrogen and oxygen atoms in total. The fraction of sp³-hybridized carbons (Fsp3) is 0.625. The Labute approximate surface area is 78.5 Å². The van der Waals surface area contributed by atoms with Gasteiger partial charge in [0.25, 0.3) is 0 Å². The van der Waals surface area contributed by atoms with Crippen LogP contribution in [0.5, 0.6) is 0 Å². The summed E-state index contributed by atoms with van der Waals surface area (Å²) in [4.78, 5) is 3.73. The van der Waals surface area contributed by atoms with Gasteiger partial charge >= 0.3 is 0 Å². The van der Waals surface area contributed by atoms with E-state index in [0.717, 1.165) is 6.42 Å². The third kappa shape index (κ3) is 5.98. The maximum Gasteiger partial charge on any atom is 0.188 e. The third-order valence-electron chi connectivity index (χ3n) is 1.67. The number of nitrogens with two attached hydrogens (primary N) is 2. The first-order valence-corrected chi connectivity index (χ1v) is 4.17. The number of guanidine groups is 1. The fourth-order valence-electron chi connectivity index (χ4n) is 0.784. The summed E-state index contributed by atoms with van der Waals surface area (Å²) < 4.78 is 0. The highest BCUT2D eigenvalue weighted by Gasteiger charge is 2.03. The SMILES string of the molecule is C=C(O)C(N)CCCNC(N)=NC. The minimum absolute atomic E-state index is 0.0251. The molecule has 76 valence electrons. The van der Waals surface area contributed by atoms with Crippen molar-refractivity contribution in [3.05, 3.63) is 12.3 Å². The van der Waals surface area contributed by atoms with Crippen LogP contribution in [0.1, 0.15) is 12.8 Å². The van der Waals surface area contributed by atoms with Crippen molar-refractivity contribution < 1.29 is 5.11 Å². The number of nitrogens with zero attached hydrogens (tertiary/aromatic N) is 1. The zero-order valence-corrected chi connectivity index (χ0v) is 7.95. The first-order chi connectivity index (χ1) is 6.07. The molecule has 0 radical (unpaired) electrons. The molecule has 0 aliphatic carbocycles. The Bertz CT molecular complexity index is 191. The molecular weight excluding hydrogens is 168 g/mol. The first kappa shape index (κ1) is 11.8. The van der Waals surface area contributed by atoms with Crippen LogP contribution < -0.4 is 16.8 Å². The van der Waals surface area contributed by atoms with E-state index in [1.54, 1.807) is 7.05 Å².